The highest BCUT2D eigenvalue weighted by molar-refractivity contribution is 7.89. The van der Waals surface area contributed by atoms with E-state index in [1.54, 1.807) is 37.3 Å². The van der Waals surface area contributed by atoms with E-state index in [0.29, 0.717) is 22.6 Å². The molecule has 2 rings (SSSR count). The molecule has 0 fully saturated rings. The topological polar surface area (TPSA) is 101 Å². The average Bonchev–Trinajstić information content (AvgIpc) is 2.62. The number of aryl methyl sites for hydroxylation is 2. The van der Waals surface area contributed by atoms with Crippen LogP contribution in [0.3, 0.4) is 0 Å². The van der Waals surface area contributed by atoms with Crippen molar-refractivity contribution in [2.45, 2.75) is 18.7 Å². The Morgan fingerprint density at radius 3 is 2.65 bits per heavy atom. The van der Waals surface area contributed by atoms with E-state index in [0.717, 1.165) is 5.56 Å². The maximum atomic E-state index is 12.4. The van der Waals surface area contributed by atoms with Crippen LogP contribution in [-0.2, 0) is 10.0 Å². The van der Waals surface area contributed by atoms with Crippen LogP contribution in [0.1, 0.15) is 16.7 Å². The number of hydrazone groups is 1. The molecular weight excluding hydrogens is 354 g/mol. The van der Waals surface area contributed by atoms with Crippen LogP contribution in [0.2, 0.25) is 0 Å². The van der Waals surface area contributed by atoms with Crippen LogP contribution in [0, 0.1) is 25.2 Å². The lowest BCUT2D eigenvalue weighted by molar-refractivity contribution is 0.329. The molecule has 0 aliphatic heterocycles. The second-order valence-corrected chi connectivity index (χ2v) is 7.11. The lowest BCUT2D eigenvalue weighted by atomic mass is 10.2. The van der Waals surface area contributed by atoms with Gasteiger partial charge in [0.25, 0.3) is 10.0 Å². The highest BCUT2D eigenvalue weighted by Crippen LogP contribution is 2.27. The standard InChI is InChI=1S/C18H19N3O4S/c1-13-4-5-14(2)18(10-13)26(22,23)21-20-12-15-6-7-16(25-9-8-19)17(11-15)24-3/h4-7,10-12,21H,9H2,1-3H3/b20-12+. The number of nitriles is 1. The molecule has 0 heterocycles. The van der Waals surface area contributed by atoms with Crippen molar-refractivity contribution < 1.29 is 17.9 Å². The summed E-state index contributed by atoms with van der Waals surface area (Å²) in [6, 6.07) is 12.0. The predicted molar refractivity (Wildman–Crippen MR) is 97.9 cm³/mol. The van der Waals surface area contributed by atoms with E-state index in [2.05, 4.69) is 9.93 Å². The molecule has 7 nitrogen and oxygen atoms in total. The average molecular weight is 373 g/mol. The van der Waals surface area contributed by atoms with E-state index in [1.807, 2.05) is 19.1 Å². The first-order valence-corrected chi connectivity index (χ1v) is 9.15. The molecule has 0 saturated carbocycles. The number of ether oxygens (including phenoxy) is 2. The molecule has 0 atom stereocenters. The van der Waals surface area contributed by atoms with Gasteiger partial charge < -0.3 is 9.47 Å². The van der Waals surface area contributed by atoms with Crippen LogP contribution in [-0.4, -0.2) is 28.3 Å². The predicted octanol–water partition coefficient (Wildman–Crippen LogP) is 2.53. The third-order valence-electron chi connectivity index (χ3n) is 3.50. The number of benzene rings is 2. The molecule has 0 unspecified atom stereocenters. The van der Waals surface area contributed by atoms with Crippen molar-refractivity contribution in [1.82, 2.24) is 4.83 Å². The first-order chi connectivity index (χ1) is 12.4. The van der Waals surface area contributed by atoms with Gasteiger partial charge in [-0.3, -0.25) is 0 Å². The summed E-state index contributed by atoms with van der Waals surface area (Å²) in [6.07, 6.45) is 1.36. The SMILES string of the molecule is COc1cc(/C=N/NS(=O)(=O)c2cc(C)ccc2C)ccc1OCC#N. The Bertz CT molecular complexity index is 963. The molecule has 8 heteroatoms. The highest BCUT2D eigenvalue weighted by Gasteiger charge is 2.15. The zero-order chi connectivity index (χ0) is 19.2. The van der Waals surface area contributed by atoms with E-state index in [1.165, 1.54) is 13.3 Å². The molecule has 2 aromatic carbocycles. The molecular formula is C18H19N3O4S. The number of hydrogen-bond acceptors (Lipinski definition) is 6. The Labute approximate surface area is 152 Å². The summed E-state index contributed by atoms with van der Waals surface area (Å²) >= 11 is 0. The van der Waals surface area contributed by atoms with Crippen LogP contribution in [0.4, 0.5) is 0 Å². The zero-order valence-electron chi connectivity index (χ0n) is 14.7. The number of hydrogen-bond donors (Lipinski definition) is 1. The van der Waals surface area contributed by atoms with Gasteiger partial charge in [-0.1, -0.05) is 12.1 Å². The molecule has 136 valence electrons. The fraction of sp³-hybridized carbons (Fsp3) is 0.222. The Hall–Kier alpha value is -3.05. The minimum absolute atomic E-state index is 0.0978. The molecule has 0 radical (unpaired) electrons. The zero-order valence-corrected chi connectivity index (χ0v) is 15.5. The highest BCUT2D eigenvalue weighted by atomic mass is 32.2. The van der Waals surface area contributed by atoms with Crippen molar-refractivity contribution in [1.29, 1.82) is 5.26 Å². The fourth-order valence-electron chi connectivity index (χ4n) is 2.21. The minimum Gasteiger partial charge on any atom is -0.493 e. The lowest BCUT2D eigenvalue weighted by Crippen LogP contribution is -2.19. The van der Waals surface area contributed by atoms with Crippen molar-refractivity contribution in [3.8, 4) is 17.6 Å². The third kappa shape index (κ3) is 4.74. The number of nitrogens with zero attached hydrogens (tertiary/aromatic N) is 2. The molecule has 0 bridgehead atoms. The lowest BCUT2D eigenvalue weighted by Gasteiger charge is -2.09. The summed E-state index contributed by atoms with van der Waals surface area (Å²) in [5.41, 5.74) is 2.09. The summed E-state index contributed by atoms with van der Waals surface area (Å²) in [4.78, 5) is 2.39. The number of rotatable bonds is 7. The monoisotopic (exact) mass is 373 g/mol. The first kappa shape index (κ1) is 19.3. The summed E-state index contributed by atoms with van der Waals surface area (Å²) in [7, 11) is -2.29. The van der Waals surface area contributed by atoms with Gasteiger partial charge >= 0.3 is 0 Å². The maximum Gasteiger partial charge on any atom is 0.276 e. The van der Waals surface area contributed by atoms with Crippen molar-refractivity contribution in [2.75, 3.05) is 13.7 Å². The van der Waals surface area contributed by atoms with Crippen molar-refractivity contribution in [3.63, 3.8) is 0 Å². The summed E-state index contributed by atoms with van der Waals surface area (Å²) in [6.45, 7) is 3.45. The normalized spacial score (nSPS) is 11.2. The smallest absolute Gasteiger partial charge is 0.276 e. The van der Waals surface area contributed by atoms with Crippen LogP contribution in [0.5, 0.6) is 11.5 Å². The number of nitrogens with one attached hydrogen (secondary N) is 1. The Balaban J connectivity index is 2.17. The van der Waals surface area contributed by atoms with Gasteiger partial charge in [-0.05, 0) is 54.8 Å². The number of methoxy groups -OCH3 is 1. The molecule has 0 aliphatic carbocycles. The van der Waals surface area contributed by atoms with E-state index < -0.39 is 10.0 Å². The summed E-state index contributed by atoms with van der Waals surface area (Å²) < 4.78 is 35.2. The Morgan fingerprint density at radius 2 is 1.96 bits per heavy atom. The van der Waals surface area contributed by atoms with Crippen molar-refractivity contribution in [2.24, 2.45) is 5.10 Å². The Morgan fingerprint density at radius 1 is 1.19 bits per heavy atom. The van der Waals surface area contributed by atoms with Gasteiger partial charge in [-0.15, -0.1) is 0 Å². The van der Waals surface area contributed by atoms with Crippen LogP contribution < -0.4 is 14.3 Å². The van der Waals surface area contributed by atoms with E-state index >= 15 is 0 Å². The van der Waals surface area contributed by atoms with Crippen molar-refractivity contribution in [3.05, 3.63) is 53.1 Å². The van der Waals surface area contributed by atoms with Crippen LogP contribution in [0.15, 0.2) is 46.4 Å². The fourth-order valence-corrected chi connectivity index (χ4v) is 3.33. The third-order valence-corrected chi connectivity index (χ3v) is 4.86. The van der Waals surface area contributed by atoms with Crippen LogP contribution >= 0.6 is 0 Å². The van der Waals surface area contributed by atoms with Gasteiger partial charge in [0, 0.05) is 0 Å². The van der Waals surface area contributed by atoms with E-state index in [-0.39, 0.29) is 11.5 Å². The molecule has 2 aromatic rings. The molecule has 0 saturated heterocycles. The first-order valence-electron chi connectivity index (χ1n) is 7.67. The molecule has 0 spiro atoms. The second-order valence-electron chi connectivity index (χ2n) is 5.48. The molecule has 0 amide bonds. The van der Waals surface area contributed by atoms with E-state index in [9.17, 15) is 8.42 Å². The second kappa shape index (κ2) is 8.36. The van der Waals surface area contributed by atoms with Gasteiger partial charge in [-0.25, -0.2) is 4.83 Å². The minimum atomic E-state index is -3.76. The Kier molecular flexibility index (Phi) is 6.20. The van der Waals surface area contributed by atoms with Gasteiger partial charge in [0.1, 0.15) is 6.07 Å². The molecule has 0 aliphatic rings. The molecule has 1 N–H and O–H groups in total. The summed E-state index contributed by atoms with van der Waals surface area (Å²) in [5, 5.41) is 12.4. The summed E-state index contributed by atoms with van der Waals surface area (Å²) in [5.74, 6) is 0.837. The van der Waals surface area contributed by atoms with Crippen molar-refractivity contribution >= 4 is 16.2 Å². The van der Waals surface area contributed by atoms with Crippen LogP contribution in [0.25, 0.3) is 0 Å². The van der Waals surface area contributed by atoms with Gasteiger partial charge in [-0.2, -0.15) is 18.8 Å². The van der Waals surface area contributed by atoms with Gasteiger partial charge in [0.05, 0.1) is 18.2 Å². The van der Waals surface area contributed by atoms with Gasteiger partial charge in [0.15, 0.2) is 18.1 Å². The van der Waals surface area contributed by atoms with Gasteiger partial charge in [0.2, 0.25) is 0 Å². The quantitative estimate of drug-likeness (QED) is 0.594. The molecule has 0 aromatic heterocycles. The molecule has 26 heavy (non-hydrogen) atoms. The largest absolute Gasteiger partial charge is 0.493 e. The maximum absolute atomic E-state index is 12.4. The van der Waals surface area contributed by atoms with E-state index in [4.69, 9.17) is 14.7 Å². The number of sulfonamides is 1.